The highest BCUT2D eigenvalue weighted by atomic mass is 32.2. The fraction of sp³-hybridized carbons (Fsp3) is 0.300. The lowest BCUT2D eigenvalue weighted by molar-refractivity contribution is 0.102. The van der Waals surface area contributed by atoms with Gasteiger partial charge >= 0.3 is 0 Å². The van der Waals surface area contributed by atoms with Crippen molar-refractivity contribution in [3.05, 3.63) is 30.1 Å². The topological polar surface area (TPSA) is 54.4 Å². The maximum absolute atomic E-state index is 11.7. The summed E-state index contributed by atoms with van der Waals surface area (Å²) in [6.45, 7) is 1.69. The van der Waals surface area contributed by atoms with Crippen LogP contribution in [0, 0.1) is 0 Å². The van der Waals surface area contributed by atoms with Gasteiger partial charge in [0.25, 0.3) is 0 Å². The number of Topliss-reactive ketones (excluding diaryl/α,β-unsaturated/α-hetero) is 1. The molecule has 1 aliphatic rings. The highest BCUT2D eigenvalue weighted by Crippen LogP contribution is 2.09. The van der Waals surface area contributed by atoms with Crippen molar-refractivity contribution in [2.24, 2.45) is 4.99 Å². The van der Waals surface area contributed by atoms with E-state index in [-0.39, 0.29) is 5.78 Å². The van der Waals surface area contributed by atoms with Gasteiger partial charge in [-0.1, -0.05) is 11.8 Å². The van der Waals surface area contributed by atoms with Crippen LogP contribution in [0.5, 0.6) is 0 Å². The normalized spacial score (nSPS) is 14.5. The van der Waals surface area contributed by atoms with E-state index in [9.17, 15) is 4.79 Å². The Hall–Kier alpha value is -1.36. The van der Waals surface area contributed by atoms with Crippen LogP contribution >= 0.6 is 11.8 Å². The molecular formula is C10H11N3OS. The second-order valence-corrected chi connectivity index (χ2v) is 4.03. The number of hydrogen-bond acceptors (Lipinski definition) is 5. The number of aliphatic imine (C=N–C) groups is 1. The van der Waals surface area contributed by atoms with Gasteiger partial charge in [0.15, 0.2) is 11.0 Å². The highest BCUT2D eigenvalue weighted by molar-refractivity contribution is 8.14. The van der Waals surface area contributed by atoms with E-state index in [0.29, 0.717) is 11.3 Å². The number of nitrogens with one attached hydrogen (secondary N) is 1. The van der Waals surface area contributed by atoms with E-state index in [1.165, 1.54) is 11.8 Å². The van der Waals surface area contributed by atoms with Gasteiger partial charge in [-0.2, -0.15) is 0 Å². The molecule has 0 atom stereocenters. The summed E-state index contributed by atoms with van der Waals surface area (Å²) in [6, 6.07) is 3.46. The van der Waals surface area contributed by atoms with Crippen molar-refractivity contribution in [3.63, 3.8) is 0 Å². The van der Waals surface area contributed by atoms with Crippen LogP contribution in [0.4, 0.5) is 0 Å². The van der Waals surface area contributed by atoms with Crippen LogP contribution in [-0.4, -0.2) is 34.8 Å². The van der Waals surface area contributed by atoms with Gasteiger partial charge in [0.2, 0.25) is 0 Å². The number of amidine groups is 1. The summed E-state index contributed by atoms with van der Waals surface area (Å²) in [7, 11) is 0. The lowest BCUT2D eigenvalue weighted by atomic mass is 10.2. The zero-order chi connectivity index (χ0) is 10.5. The second kappa shape index (κ2) is 4.93. The van der Waals surface area contributed by atoms with Crippen LogP contribution in [0.15, 0.2) is 29.5 Å². The third-order valence-electron chi connectivity index (χ3n) is 1.99. The summed E-state index contributed by atoms with van der Waals surface area (Å²) in [5.41, 5.74) is 0.705. The minimum Gasteiger partial charge on any atom is -0.363 e. The molecule has 0 aliphatic carbocycles. The van der Waals surface area contributed by atoms with Crippen molar-refractivity contribution in [2.75, 3.05) is 18.8 Å². The van der Waals surface area contributed by atoms with Crippen LogP contribution < -0.4 is 5.32 Å². The predicted octanol–water partition coefficient (Wildman–Crippen LogP) is 0.957. The number of rotatable bonds is 3. The van der Waals surface area contributed by atoms with Crippen LogP contribution in [0.2, 0.25) is 0 Å². The number of aromatic nitrogens is 1. The molecule has 5 heteroatoms. The van der Waals surface area contributed by atoms with Crippen LogP contribution in [-0.2, 0) is 0 Å². The molecule has 0 spiro atoms. The summed E-state index contributed by atoms with van der Waals surface area (Å²) in [4.78, 5) is 19.7. The summed E-state index contributed by atoms with van der Waals surface area (Å²) >= 11 is 1.46. The van der Waals surface area contributed by atoms with Gasteiger partial charge in [-0.15, -0.1) is 0 Å². The number of nitrogens with zero attached hydrogens (tertiary/aromatic N) is 2. The van der Waals surface area contributed by atoms with Gasteiger partial charge < -0.3 is 5.32 Å². The summed E-state index contributed by atoms with van der Waals surface area (Å²) in [5, 5.41) is 3.98. The van der Waals surface area contributed by atoms with E-state index >= 15 is 0 Å². The Morgan fingerprint density at radius 3 is 2.93 bits per heavy atom. The number of pyridine rings is 1. The van der Waals surface area contributed by atoms with Gasteiger partial charge in [0.1, 0.15) is 0 Å². The summed E-state index contributed by atoms with van der Waals surface area (Å²) in [5.74, 6) is 0.536. The van der Waals surface area contributed by atoms with Gasteiger partial charge in [-0.3, -0.25) is 14.8 Å². The molecule has 0 saturated carbocycles. The Morgan fingerprint density at radius 1 is 1.47 bits per heavy atom. The van der Waals surface area contributed by atoms with E-state index in [1.807, 2.05) is 0 Å². The molecule has 78 valence electrons. The van der Waals surface area contributed by atoms with Crippen LogP contribution in [0.25, 0.3) is 0 Å². The first kappa shape index (κ1) is 10.2. The zero-order valence-corrected chi connectivity index (χ0v) is 8.96. The first-order valence-corrected chi connectivity index (χ1v) is 5.69. The molecule has 0 radical (unpaired) electrons. The van der Waals surface area contributed by atoms with Crippen molar-refractivity contribution in [3.8, 4) is 0 Å². The van der Waals surface area contributed by atoms with Crippen molar-refractivity contribution in [1.82, 2.24) is 10.3 Å². The average molecular weight is 221 g/mol. The van der Waals surface area contributed by atoms with E-state index in [4.69, 9.17) is 0 Å². The molecule has 0 aromatic carbocycles. The maximum Gasteiger partial charge on any atom is 0.173 e. The van der Waals surface area contributed by atoms with Gasteiger partial charge in [0, 0.05) is 24.5 Å². The molecule has 1 aromatic heterocycles. The molecule has 1 aliphatic heterocycles. The number of carbonyl (C=O) groups is 1. The molecular weight excluding hydrogens is 210 g/mol. The lowest BCUT2D eigenvalue weighted by Crippen LogP contribution is -2.17. The Morgan fingerprint density at radius 2 is 2.27 bits per heavy atom. The second-order valence-electron chi connectivity index (χ2n) is 3.06. The quantitative estimate of drug-likeness (QED) is 0.772. The number of thioether (sulfide) groups is 1. The minimum absolute atomic E-state index is 0.110. The number of carbonyl (C=O) groups excluding carboxylic acids is 1. The fourth-order valence-corrected chi connectivity index (χ4v) is 2.05. The van der Waals surface area contributed by atoms with Gasteiger partial charge in [0.05, 0.1) is 12.3 Å². The molecule has 4 nitrogen and oxygen atoms in total. The largest absolute Gasteiger partial charge is 0.363 e. The monoisotopic (exact) mass is 221 g/mol. The standard InChI is InChI=1S/C10H11N3OS/c14-9(8-1-3-11-4-2-8)7-15-10-12-5-6-13-10/h1-4H,5-7H2,(H,12,13). The van der Waals surface area contributed by atoms with Crippen molar-refractivity contribution in [1.29, 1.82) is 0 Å². The highest BCUT2D eigenvalue weighted by Gasteiger charge is 2.10. The third-order valence-corrected chi connectivity index (χ3v) is 2.94. The first-order chi connectivity index (χ1) is 7.36. The van der Waals surface area contributed by atoms with Crippen LogP contribution in [0.1, 0.15) is 10.4 Å². The maximum atomic E-state index is 11.7. The van der Waals surface area contributed by atoms with Gasteiger partial charge in [-0.25, -0.2) is 0 Å². The minimum atomic E-state index is 0.110. The van der Waals surface area contributed by atoms with Crippen LogP contribution in [0.3, 0.4) is 0 Å². The van der Waals surface area contributed by atoms with E-state index in [0.717, 1.165) is 18.3 Å². The third kappa shape index (κ3) is 2.79. The molecule has 0 amide bonds. The molecule has 2 heterocycles. The molecule has 0 unspecified atom stereocenters. The van der Waals surface area contributed by atoms with E-state index < -0.39 is 0 Å². The zero-order valence-electron chi connectivity index (χ0n) is 8.14. The molecule has 0 bridgehead atoms. The smallest absolute Gasteiger partial charge is 0.173 e. The molecule has 2 rings (SSSR count). The SMILES string of the molecule is O=C(CSC1=NCCN1)c1ccncc1. The Kier molecular flexibility index (Phi) is 3.34. The van der Waals surface area contributed by atoms with Crippen molar-refractivity contribution in [2.45, 2.75) is 0 Å². The average Bonchev–Trinajstić information content (AvgIpc) is 2.80. The number of hydrogen-bond donors (Lipinski definition) is 1. The Labute approximate surface area is 92.2 Å². The molecule has 1 aromatic rings. The summed E-state index contributed by atoms with van der Waals surface area (Å²) < 4.78 is 0. The first-order valence-electron chi connectivity index (χ1n) is 4.70. The summed E-state index contributed by atoms with van der Waals surface area (Å²) in [6.07, 6.45) is 3.26. The molecule has 1 N–H and O–H groups in total. The van der Waals surface area contributed by atoms with Gasteiger partial charge in [-0.05, 0) is 12.1 Å². The Balaban J connectivity index is 1.87. The van der Waals surface area contributed by atoms with E-state index in [1.54, 1.807) is 24.5 Å². The fourth-order valence-electron chi connectivity index (χ4n) is 1.23. The predicted molar refractivity (Wildman–Crippen MR) is 61.3 cm³/mol. The molecule has 0 fully saturated rings. The molecule has 0 saturated heterocycles. The lowest BCUT2D eigenvalue weighted by Gasteiger charge is -2.01. The Bertz CT molecular complexity index is 378. The van der Waals surface area contributed by atoms with Crippen molar-refractivity contribution < 1.29 is 4.79 Å². The number of ketones is 1. The van der Waals surface area contributed by atoms with E-state index in [2.05, 4.69) is 15.3 Å². The van der Waals surface area contributed by atoms with Crippen molar-refractivity contribution >= 4 is 22.7 Å². The molecule has 15 heavy (non-hydrogen) atoms.